The van der Waals surface area contributed by atoms with Crippen LogP contribution in [-0.2, 0) is 0 Å². The lowest BCUT2D eigenvalue weighted by atomic mass is 9.83. The van der Waals surface area contributed by atoms with Crippen LogP contribution in [0.2, 0.25) is 0 Å². The molecule has 67 heavy (non-hydrogen) atoms. The molecule has 1 nitrogen and oxygen atoms in total. The Labute approximate surface area is 386 Å². The van der Waals surface area contributed by atoms with Crippen LogP contribution in [-0.4, -0.2) is 0 Å². The van der Waals surface area contributed by atoms with Crippen LogP contribution in [0.3, 0.4) is 0 Å². The summed E-state index contributed by atoms with van der Waals surface area (Å²) >= 11 is 0. The number of hydrogen-bond donors (Lipinski definition) is 0. The van der Waals surface area contributed by atoms with Gasteiger partial charge in [-0.3, -0.25) is 0 Å². The van der Waals surface area contributed by atoms with Gasteiger partial charge in [0.15, 0.2) is 0 Å². The van der Waals surface area contributed by atoms with Crippen molar-refractivity contribution in [3.63, 3.8) is 0 Å². The summed E-state index contributed by atoms with van der Waals surface area (Å²) in [5.74, 6) is 0. The Balaban J connectivity index is 1.14. The van der Waals surface area contributed by atoms with Crippen LogP contribution >= 0.6 is 0 Å². The molecule has 0 saturated carbocycles. The predicted octanol–water partition coefficient (Wildman–Crippen LogP) is 18.9. The minimum atomic E-state index is 0.907. The zero-order chi connectivity index (χ0) is 43.7. The standard InChI is InChI=1S/C66H38O/c1-3-14-39(15-4-1)41-28-32-43(33-29-41)59-56-38-55-46-19-8-7-18-45(46)48-21-11-24-52(62(48)55)64(56)60(44-34-30-42(31-35-44)40-16-5-2-6-17-40)66-54-37-36-47(49-22-12-25-53(61(49)54)65(59)66)50-23-13-27-58-63(50)51-20-9-10-26-57(51)67-58/h1-38H. The summed E-state index contributed by atoms with van der Waals surface area (Å²) in [6.45, 7) is 0. The molecule has 15 rings (SSSR count). The molecule has 0 atom stereocenters. The third-order valence-corrected chi connectivity index (χ3v) is 14.8. The summed E-state index contributed by atoms with van der Waals surface area (Å²) in [6.07, 6.45) is 0. The number of furan rings is 1. The zero-order valence-electron chi connectivity index (χ0n) is 36.3. The van der Waals surface area contributed by atoms with Crippen LogP contribution in [0.4, 0.5) is 0 Å². The SMILES string of the molecule is c1ccc(-c2ccc(-c3c4cc5c6ccccc6c6cccc(c4c(-c4ccc(-c7ccccc7)cc4)c4c7ccc(-c8cccc9oc%10ccccc%10c89)c8cccc(c34)c87)c65)cc2)cc1. The van der Waals surface area contributed by atoms with Gasteiger partial charge in [-0.2, -0.15) is 0 Å². The summed E-state index contributed by atoms with van der Waals surface area (Å²) in [5.41, 5.74) is 14.0. The molecule has 0 aliphatic rings. The van der Waals surface area contributed by atoms with Gasteiger partial charge in [-0.25, -0.2) is 0 Å². The molecule has 1 heterocycles. The first-order chi connectivity index (χ1) is 33.3. The molecule has 0 unspecified atom stereocenters. The molecule has 0 aliphatic carbocycles. The molecule has 0 saturated heterocycles. The van der Waals surface area contributed by atoms with E-state index in [1.54, 1.807) is 0 Å². The average Bonchev–Trinajstić information content (AvgIpc) is 4.06. The fraction of sp³-hybridized carbons (Fsp3) is 0. The largest absolute Gasteiger partial charge is 0.456 e. The second-order valence-electron chi connectivity index (χ2n) is 18.2. The normalized spacial score (nSPS) is 12.2. The van der Waals surface area contributed by atoms with Gasteiger partial charge in [0.25, 0.3) is 0 Å². The van der Waals surface area contributed by atoms with Gasteiger partial charge in [0.05, 0.1) is 0 Å². The smallest absolute Gasteiger partial charge is 0.136 e. The van der Waals surface area contributed by atoms with Crippen LogP contribution < -0.4 is 0 Å². The summed E-state index contributed by atoms with van der Waals surface area (Å²) in [4.78, 5) is 0. The van der Waals surface area contributed by atoms with Gasteiger partial charge >= 0.3 is 0 Å². The van der Waals surface area contributed by atoms with Crippen LogP contribution in [0.5, 0.6) is 0 Å². The molecule has 308 valence electrons. The van der Waals surface area contributed by atoms with Crippen molar-refractivity contribution in [2.24, 2.45) is 0 Å². The van der Waals surface area contributed by atoms with Crippen LogP contribution in [0.15, 0.2) is 235 Å². The van der Waals surface area contributed by atoms with Gasteiger partial charge in [-0.1, -0.05) is 212 Å². The highest BCUT2D eigenvalue weighted by molar-refractivity contribution is 6.45. The van der Waals surface area contributed by atoms with Gasteiger partial charge in [0, 0.05) is 10.8 Å². The number of fused-ring (bicyclic) bond motifs is 11. The molecule has 0 spiro atoms. The van der Waals surface area contributed by atoms with Crippen molar-refractivity contribution in [1.82, 2.24) is 0 Å². The fourth-order valence-corrected chi connectivity index (χ4v) is 12.0. The molecule has 0 bridgehead atoms. The molecule has 1 heteroatoms. The first-order valence-corrected chi connectivity index (χ1v) is 23.2. The Morgan fingerprint density at radius 3 is 1.36 bits per heavy atom. The van der Waals surface area contributed by atoms with Crippen LogP contribution in [0, 0.1) is 0 Å². The highest BCUT2D eigenvalue weighted by Gasteiger charge is 2.27. The maximum Gasteiger partial charge on any atom is 0.136 e. The highest BCUT2D eigenvalue weighted by atomic mass is 16.3. The molecule has 14 aromatic carbocycles. The third kappa shape index (κ3) is 5.14. The molecule has 15 aromatic rings. The van der Waals surface area contributed by atoms with Crippen LogP contribution in [0.25, 0.3) is 153 Å². The van der Waals surface area contributed by atoms with Crippen molar-refractivity contribution in [2.75, 3.05) is 0 Å². The van der Waals surface area contributed by atoms with Crippen molar-refractivity contribution in [2.45, 2.75) is 0 Å². The minimum absolute atomic E-state index is 0.907. The first-order valence-electron chi connectivity index (χ1n) is 23.2. The van der Waals surface area contributed by atoms with Gasteiger partial charge in [-0.15, -0.1) is 0 Å². The summed E-state index contributed by atoms with van der Waals surface area (Å²) in [5, 5.41) is 20.3. The molecule has 1 aromatic heterocycles. The maximum absolute atomic E-state index is 6.46. The molecule has 0 radical (unpaired) electrons. The quantitative estimate of drug-likeness (QED) is 0.157. The maximum atomic E-state index is 6.46. The van der Waals surface area contributed by atoms with E-state index in [4.69, 9.17) is 4.42 Å². The Hall–Kier alpha value is -8.78. The van der Waals surface area contributed by atoms with Gasteiger partial charge in [0.1, 0.15) is 11.2 Å². The molecule has 0 amide bonds. The summed E-state index contributed by atoms with van der Waals surface area (Å²) in [7, 11) is 0. The Bertz CT molecular complexity index is 4450. The Kier molecular flexibility index (Phi) is 7.56. The second-order valence-corrected chi connectivity index (χ2v) is 18.2. The highest BCUT2D eigenvalue weighted by Crippen LogP contribution is 2.56. The number of rotatable bonds is 5. The van der Waals surface area contributed by atoms with Crippen molar-refractivity contribution in [1.29, 1.82) is 0 Å². The van der Waals surface area contributed by atoms with E-state index in [1.165, 1.54) is 131 Å². The molecule has 0 N–H and O–H groups in total. The monoisotopic (exact) mass is 846 g/mol. The average molecular weight is 847 g/mol. The van der Waals surface area contributed by atoms with Crippen molar-refractivity contribution < 1.29 is 4.42 Å². The third-order valence-electron chi connectivity index (χ3n) is 14.8. The van der Waals surface area contributed by atoms with E-state index >= 15 is 0 Å². The van der Waals surface area contributed by atoms with Crippen molar-refractivity contribution in [3.05, 3.63) is 231 Å². The van der Waals surface area contributed by atoms with E-state index in [9.17, 15) is 0 Å². The van der Waals surface area contributed by atoms with Crippen LogP contribution in [0.1, 0.15) is 0 Å². The molecule has 0 aliphatic heterocycles. The van der Waals surface area contributed by atoms with E-state index in [0.29, 0.717) is 0 Å². The summed E-state index contributed by atoms with van der Waals surface area (Å²) < 4.78 is 6.46. The van der Waals surface area contributed by atoms with E-state index in [1.807, 2.05) is 0 Å². The Morgan fingerprint density at radius 1 is 0.194 bits per heavy atom. The molecular formula is C66H38O. The van der Waals surface area contributed by atoms with Gasteiger partial charge < -0.3 is 4.42 Å². The lowest BCUT2D eigenvalue weighted by Crippen LogP contribution is -1.92. The van der Waals surface area contributed by atoms with E-state index < -0.39 is 0 Å². The fourth-order valence-electron chi connectivity index (χ4n) is 12.0. The van der Waals surface area contributed by atoms with E-state index in [-0.39, 0.29) is 0 Å². The van der Waals surface area contributed by atoms with E-state index in [0.717, 1.165) is 21.9 Å². The zero-order valence-corrected chi connectivity index (χ0v) is 36.3. The number of para-hydroxylation sites is 1. The molecule has 0 fully saturated rings. The number of hydrogen-bond acceptors (Lipinski definition) is 1. The topological polar surface area (TPSA) is 13.1 Å². The second kappa shape index (κ2) is 13.9. The lowest BCUT2D eigenvalue weighted by Gasteiger charge is -2.19. The van der Waals surface area contributed by atoms with Crippen molar-refractivity contribution >= 4 is 97.3 Å². The van der Waals surface area contributed by atoms with Gasteiger partial charge in [0.2, 0.25) is 0 Å². The molecular weight excluding hydrogens is 809 g/mol. The first kappa shape index (κ1) is 36.5. The minimum Gasteiger partial charge on any atom is -0.456 e. The van der Waals surface area contributed by atoms with E-state index in [2.05, 4.69) is 231 Å². The van der Waals surface area contributed by atoms with Crippen molar-refractivity contribution in [3.8, 4) is 55.6 Å². The Morgan fingerprint density at radius 2 is 0.657 bits per heavy atom. The summed E-state index contributed by atoms with van der Waals surface area (Å²) in [6, 6.07) is 85.3. The lowest BCUT2D eigenvalue weighted by molar-refractivity contribution is 0.669. The predicted molar refractivity (Wildman–Crippen MR) is 286 cm³/mol. The van der Waals surface area contributed by atoms with Gasteiger partial charge in [-0.05, 0) is 149 Å². The number of benzene rings is 12.